The molecule has 0 bridgehead atoms. The minimum atomic E-state index is -4.67. The number of halogens is 3. The number of carbonyl (C=O) groups is 2. The molecule has 9 heteroatoms. The van der Waals surface area contributed by atoms with Gasteiger partial charge in [0.25, 0.3) is 0 Å². The number of benzene rings is 1. The number of piperidine rings is 1. The number of aromatic nitrogens is 2. The maximum Gasteiger partial charge on any atom is 0.449 e. The Kier molecular flexibility index (Phi) is 4.40. The highest BCUT2D eigenvalue weighted by Gasteiger charge is 2.38. The Balaban J connectivity index is 1.89. The number of nitrogens with zero attached hydrogens (tertiary/aromatic N) is 3. The topological polar surface area (TPSA) is 81.2 Å². The first-order chi connectivity index (χ1) is 11.8. The molecule has 1 aromatic heterocycles. The third kappa shape index (κ3) is 3.45. The number of carbonyl (C=O) groups excluding carboxylic acids is 2. The summed E-state index contributed by atoms with van der Waals surface area (Å²) in [5, 5.41) is 0. The molecule has 0 saturated carbocycles. The number of likely N-dealkylation sites (tertiary alicyclic amines) is 1. The first kappa shape index (κ1) is 17.2. The van der Waals surface area contributed by atoms with E-state index in [0.717, 1.165) is 4.57 Å². The number of hydrogen-bond acceptors (Lipinski definition) is 3. The lowest BCUT2D eigenvalue weighted by molar-refractivity contribution is -0.148. The maximum absolute atomic E-state index is 13.3. The molecule has 134 valence electrons. The van der Waals surface area contributed by atoms with E-state index in [2.05, 4.69) is 4.98 Å². The van der Waals surface area contributed by atoms with Gasteiger partial charge in [-0.2, -0.15) is 13.2 Å². The number of imidazole rings is 1. The quantitative estimate of drug-likeness (QED) is 0.912. The van der Waals surface area contributed by atoms with Crippen molar-refractivity contribution in [2.45, 2.75) is 25.6 Å². The van der Waals surface area contributed by atoms with Gasteiger partial charge in [0.05, 0.1) is 17.0 Å². The number of primary amides is 1. The van der Waals surface area contributed by atoms with Crippen LogP contribution >= 0.6 is 0 Å². The highest BCUT2D eigenvalue weighted by molar-refractivity contribution is 5.82. The summed E-state index contributed by atoms with van der Waals surface area (Å²) in [6.45, 7) is 0.0551. The fraction of sp³-hybridized carbons (Fsp3) is 0.438. The van der Waals surface area contributed by atoms with E-state index in [9.17, 15) is 22.8 Å². The van der Waals surface area contributed by atoms with Gasteiger partial charge in [-0.05, 0) is 25.0 Å². The predicted octanol–water partition coefficient (Wildman–Crippen LogP) is 1.78. The van der Waals surface area contributed by atoms with Crippen LogP contribution in [0.5, 0.6) is 0 Å². The first-order valence-electron chi connectivity index (χ1n) is 7.87. The van der Waals surface area contributed by atoms with E-state index in [4.69, 9.17) is 5.73 Å². The molecule has 6 nitrogen and oxygen atoms in total. The van der Waals surface area contributed by atoms with Gasteiger partial charge in [0, 0.05) is 13.1 Å². The van der Waals surface area contributed by atoms with Crippen molar-refractivity contribution in [3.8, 4) is 0 Å². The summed E-state index contributed by atoms with van der Waals surface area (Å²) in [4.78, 5) is 28.8. The average molecular weight is 354 g/mol. The Bertz CT molecular complexity index is 815. The van der Waals surface area contributed by atoms with E-state index in [1.165, 1.54) is 17.0 Å². The number of rotatable bonds is 3. The summed E-state index contributed by atoms with van der Waals surface area (Å²) in [6, 6.07) is 6.14. The molecule has 1 aliphatic rings. The first-order valence-corrected chi connectivity index (χ1v) is 7.87. The van der Waals surface area contributed by atoms with Crippen molar-refractivity contribution in [3.63, 3.8) is 0 Å². The standard InChI is InChI=1S/C16H17F3N4O2/c17-16(18,19)15-21-11-5-1-2-6-12(11)23(15)9-13(24)22-7-3-4-10(8-22)14(20)25/h1-2,5-6,10H,3-4,7-9H2,(H2,20,25). The van der Waals surface area contributed by atoms with E-state index in [1.54, 1.807) is 12.1 Å². The molecule has 1 atom stereocenters. The zero-order chi connectivity index (χ0) is 18.2. The molecule has 2 amide bonds. The molecule has 3 rings (SSSR count). The SMILES string of the molecule is NC(=O)C1CCCN(C(=O)Cn2c(C(F)(F)F)nc3ccccc32)C1. The summed E-state index contributed by atoms with van der Waals surface area (Å²) in [5.74, 6) is -2.55. The van der Waals surface area contributed by atoms with Crippen LogP contribution in [-0.4, -0.2) is 39.4 Å². The summed E-state index contributed by atoms with van der Waals surface area (Å²) in [5.41, 5.74) is 5.70. The van der Waals surface area contributed by atoms with Crippen LogP contribution in [0, 0.1) is 5.92 Å². The third-order valence-corrected chi connectivity index (χ3v) is 4.38. The Morgan fingerprint density at radius 3 is 2.68 bits per heavy atom. The van der Waals surface area contributed by atoms with Gasteiger partial charge in [-0.25, -0.2) is 4.98 Å². The molecule has 1 aromatic carbocycles. The lowest BCUT2D eigenvalue weighted by Gasteiger charge is -2.31. The van der Waals surface area contributed by atoms with Crippen molar-refractivity contribution in [2.24, 2.45) is 11.7 Å². The second-order valence-electron chi connectivity index (χ2n) is 6.09. The Hall–Kier alpha value is -2.58. The van der Waals surface area contributed by atoms with Crippen molar-refractivity contribution in [3.05, 3.63) is 30.1 Å². The molecule has 0 spiro atoms. The van der Waals surface area contributed by atoms with Crippen LogP contribution in [0.4, 0.5) is 13.2 Å². The lowest BCUT2D eigenvalue weighted by atomic mass is 9.97. The highest BCUT2D eigenvalue weighted by atomic mass is 19.4. The van der Waals surface area contributed by atoms with Crippen molar-refractivity contribution >= 4 is 22.8 Å². The summed E-state index contributed by atoms with van der Waals surface area (Å²) >= 11 is 0. The van der Waals surface area contributed by atoms with Gasteiger partial charge in [-0.3, -0.25) is 9.59 Å². The largest absolute Gasteiger partial charge is 0.449 e. The van der Waals surface area contributed by atoms with Gasteiger partial charge in [0.1, 0.15) is 6.54 Å². The highest BCUT2D eigenvalue weighted by Crippen LogP contribution is 2.31. The molecule has 1 fully saturated rings. The number of alkyl halides is 3. The predicted molar refractivity (Wildman–Crippen MR) is 83.2 cm³/mol. The number of para-hydroxylation sites is 2. The van der Waals surface area contributed by atoms with Crippen LogP contribution in [-0.2, 0) is 22.3 Å². The van der Waals surface area contributed by atoms with Crippen LogP contribution in [0.3, 0.4) is 0 Å². The summed E-state index contributed by atoms with van der Waals surface area (Å²) in [7, 11) is 0. The van der Waals surface area contributed by atoms with Gasteiger partial charge >= 0.3 is 6.18 Å². The molecular weight excluding hydrogens is 337 g/mol. The molecule has 2 heterocycles. The van der Waals surface area contributed by atoms with Gasteiger partial charge in [0.15, 0.2) is 0 Å². The molecule has 0 radical (unpaired) electrons. The fourth-order valence-corrected chi connectivity index (χ4v) is 3.12. The summed E-state index contributed by atoms with van der Waals surface area (Å²) < 4.78 is 40.7. The van der Waals surface area contributed by atoms with Crippen LogP contribution in [0.2, 0.25) is 0 Å². The molecule has 2 N–H and O–H groups in total. The van der Waals surface area contributed by atoms with E-state index >= 15 is 0 Å². The van der Waals surface area contributed by atoms with Gasteiger partial charge in [-0.15, -0.1) is 0 Å². The molecular formula is C16H17F3N4O2. The number of amides is 2. The normalized spacial score (nSPS) is 18.5. The molecule has 25 heavy (non-hydrogen) atoms. The molecule has 1 aliphatic heterocycles. The lowest BCUT2D eigenvalue weighted by Crippen LogP contribution is -2.45. The zero-order valence-corrected chi connectivity index (χ0v) is 13.3. The van der Waals surface area contributed by atoms with Crippen molar-refractivity contribution < 1.29 is 22.8 Å². The van der Waals surface area contributed by atoms with E-state index in [1.807, 2.05) is 0 Å². The van der Waals surface area contributed by atoms with Crippen molar-refractivity contribution in [1.82, 2.24) is 14.5 Å². The second-order valence-corrected chi connectivity index (χ2v) is 6.09. The number of hydrogen-bond donors (Lipinski definition) is 1. The molecule has 1 unspecified atom stereocenters. The minimum Gasteiger partial charge on any atom is -0.369 e. The van der Waals surface area contributed by atoms with Gasteiger partial charge in [-0.1, -0.05) is 12.1 Å². The average Bonchev–Trinajstić information content (AvgIpc) is 2.94. The Morgan fingerprint density at radius 2 is 2.00 bits per heavy atom. The van der Waals surface area contributed by atoms with E-state index < -0.39 is 36.3 Å². The fourth-order valence-electron chi connectivity index (χ4n) is 3.12. The molecule has 2 aromatic rings. The smallest absolute Gasteiger partial charge is 0.369 e. The summed E-state index contributed by atoms with van der Waals surface area (Å²) in [6.07, 6.45) is -3.49. The Labute approximate surface area is 141 Å². The molecule has 1 saturated heterocycles. The van der Waals surface area contributed by atoms with Crippen LogP contribution in [0.15, 0.2) is 24.3 Å². The van der Waals surface area contributed by atoms with Crippen LogP contribution in [0.1, 0.15) is 18.7 Å². The number of fused-ring (bicyclic) bond motifs is 1. The Morgan fingerprint density at radius 1 is 1.28 bits per heavy atom. The second kappa shape index (κ2) is 6.38. The van der Waals surface area contributed by atoms with Crippen LogP contribution < -0.4 is 5.73 Å². The van der Waals surface area contributed by atoms with E-state index in [-0.39, 0.29) is 17.6 Å². The van der Waals surface area contributed by atoms with Gasteiger partial charge in [0.2, 0.25) is 17.6 Å². The zero-order valence-electron chi connectivity index (χ0n) is 13.3. The minimum absolute atomic E-state index is 0.141. The molecule has 0 aliphatic carbocycles. The van der Waals surface area contributed by atoms with Crippen molar-refractivity contribution in [2.75, 3.05) is 13.1 Å². The maximum atomic E-state index is 13.3. The van der Waals surface area contributed by atoms with Crippen molar-refractivity contribution in [1.29, 1.82) is 0 Å². The monoisotopic (exact) mass is 354 g/mol. The number of nitrogens with two attached hydrogens (primary N) is 1. The van der Waals surface area contributed by atoms with Gasteiger partial charge < -0.3 is 15.2 Å². The third-order valence-electron chi connectivity index (χ3n) is 4.38. The van der Waals surface area contributed by atoms with E-state index in [0.29, 0.717) is 19.4 Å². The van der Waals surface area contributed by atoms with Crippen LogP contribution in [0.25, 0.3) is 11.0 Å².